The number of hydrogen-bond acceptors (Lipinski definition) is 3. The van der Waals surface area contributed by atoms with Gasteiger partial charge >= 0.3 is 0 Å². The number of rotatable bonds is 2. The predicted octanol–water partition coefficient (Wildman–Crippen LogP) is 2.37. The average molecular weight is 238 g/mol. The molecule has 4 nitrogen and oxygen atoms in total. The van der Waals surface area contributed by atoms with E-state index in [0.717, 1.165) is 27.7 Å². The van der Waals surface area contributed by atoms with Gasteiger partial charge in [-0.15, -0.1) is 0 Å². The summed E-state index contributed by atoms with van der Waals surface area (Å²) in [4.78, 5) is 4.42. The van der Waals surface area contributed by atoms with Crippen LogP contribution < -0.4 is 5.73 Å². The summed E-state index contributed by atoms with van der Waals surface area (Å²) < 4.78 is 1.91. The van der Waals surface area contributed by atoms with Gasteiger partial charge in [0.25, 0.3) is 0 Å². The minimum absolute atomic E-state index is 0.710. The zero-order valence-electron chi connectivity index (χ0n) is 10.2. The molecule has 0 amide bonds. The minimum Gasteiger partial charge on any atom is -0.398 e. The number of fused-ring (bicyclic) bond motifs is 1. The summed E-state index contributed by atoms with van der Waals surface area (Å²) in [5, 5.41) is 5.30. The van der Waals surface area contributed by atoms with Crippen molar-refractivity contribution in [2.24, 2.45) is 0 Å². The molecular formula is C14H14N4. The number of hydrogen-bond donors (Lipinski definition) is 1. The molecule has 18 heavy (non-hydrogen) atoms. The Labute approximate surface area is 105 Å². The number of anilines is 1. The molecule has 0 aliphatic rings. The van der Waals surface area contributed by atoms with Crippen LogP contribution in [0.3, 0.4) is 0 Å². The second kappa shape index (κ2) is 4.14. The van der Waals surface area contributed by atoms with E-state index in [9.17, 15) is 0 Å². The lowest BCUT2D eigenvalue weighted by Gasteiger charge is -2.08. The van der Waals surface area contributed by atoms with Gasteiger partial charge in [0.2, 0.25) is 0 Å². The molecule has 2 aromatic heterocycles. The summed E-state index contributed by atoms with van der Waals surface area (Å²) in [6.07, 6.45) is 5.66. The quantitative estimate of drug-likeness (QED) is 0.697. The SMILES string of the molecule is Cc1cnn(Cc2ccc(N)c3cccnc23)c1. The van der Waals surface area contributed by atoms with Crippen molar-refractivity contribution in [3.63, 3.8) is 0 Å². The number of nitrogens with two attached hydrogens (primary N) is 1. The van der Waals surface area contributed by atoms with Gasteiger partial charge in [0, 0.05) is 23.5 Å². The molecule has 0 aliphatic carbocycles. The second-order valence-corrected chi connectivity index (χ2v) is 4.43. The van der Waals surface area contributed by atoms with Crippen LogP contribution in [0.1, 0.15) is 11.1 Å². The van der Waals surface area contributed by atoms with Gasteiger partial charge < -0.3 is 5.73 Å². The van der Waals surface area contributed by atoms with Crippen LogP contribution >= 0.6 is 0 Å². The minimum atomic E-state index is 0.710. The molecule has 3 rings (SSSR count). The van der Waals surface area contributed by atoms with Crippen molar-refractivity contribution in [3.8, 4) is 0 Å². The molecule has 0 atom stereocenters. The molecule has 0 spiro atoms. The number of aryl methyl sites for hydroxylation is 1. The monoisotopic (exact) mass is 238 g/mol. The molecule has 2 N–H and O–H groups in total. The molecule has 1 aromatic carbocycles. The Hall–Kier alpha value is -2.36. The fourth-order valence-electron chi connectivity index (χ4n) is 2.11. The third kappa shape index (κ3) is 1.82. The van der Waals surface area contributed by atoms with Gasteiger partial charge in [0.15, 0.2) is 0 Å². The summed E-state index contributed by atoms with van der Waals surface area (Å²) in [5.41, 5.74) is 9.96. The van der Waals surface area contributed by atoms with Crippen LogP contribution in [0.15, 0.2) is 42.9 Å². The molecule has 0 bridgehead atoms. The van der Waals surface area contributed by atoms with E-state index >= 15 is 0 Å². The Bertz CT molecular complexity index is 700. The summed E-state index contributed by atoms with van der Waals surface area (Å²) in [6.45, 7) is 2.74. The van der Waals surface area contributed by atoms with Crippen LogP contribution in [0.4, 0.5) is 5.69 Å². The summed E-state index contributed by atoms with van der Waals surface area (Å²) in [7, 11) is 0. The molecule has 3 aromatic rings. The fourth-order valence-corrected chi connectivity index (χ4v) is 2.11. The molecule has 0 radical (unpaired) electrons. The first-order chi connectivity index (χ1) is 8.74. The van der Waals surface area contributed by atoms with Crippen LogP contribution in [-0.4, -0.2) is 14.8 Å². The Morgan fingerprint density at radius 2 is 2.17 bits per heavy atom. The topological polar surface area (TPSA) is 56.7 Å². The van der Waals surface area contributed by atoms with Crippen LogP contribution in [-0.2, 0) is 6.54 Å². The van der Waals surface area contributed by atoms with Crippen molar-refractivity contribution in [3.05, 3.63) is 54.0 Å². The first-order valence-corrected chi connectivity index (χ1v) is 5.85. The van der Waals surface area contributed by atoms with Gasteiger partial charge in [0.05, 0.1) is 18.3 Å². The van der Waals surface area contributed by atoms with Crippen molar-refractivity contribution in [2.75, 3.05) is 5.73 Å². The predicted molar refractivity (Wildman–Crippen MR) is 72.2 cm³/mol. The third-order valence-corrected chi connectivity index (χ3v) is 2.98. The molecule has 0 unspecified atom stereocenters. The smallest absolute Gasteiger partial charge is 0.0773 e. The maximum Gasteiger partial charge on any atom is 0.0773 e. The van der Waals surface area contributed by atoms with Crippen molar-refractivity contribution < 1.29 is 0 Å². The van der Waals surface area contributed by atoms with Gasteiger partial charge in [-0.2, -0.15) is 5.10 Å². The lowest BCUT2D eigenvalue weighted by Crippen LogP contribution is -2.02. The Morgan fingerprint density at radius 3 is 2.94 bits per heavy atom. The van der Waals surface area contributed by atoms with Gasteiger partial charge in [-0.05, 0) is 36.2 Å². The van der Waals surface area contributed by atoms with Crippen molar-refractivity contribution in [2.45, 2.75) is 13.5 Å². The van der Waals surface area contributed by atoms with Gasteiger partial charge in [-0.1, -0.05) is 6.07 Å². The van der Waals surface area contributed by atoms with Gasteiger partial charge in [-0.25, -0.2) is 0 Å². The van der Waals surface area contributed by atoms with E-state index < -0.39 is 0 Å². The number of aromatic nitrogens is 3. The first kappa shape index (κ1) is 10.8. The maximum atomic E-state index is 5.96. The standard InChI is InChI=1S/C14H14N4/c1-10-7-17-18(8-10)9-11-4-5-13(15)12-3-2-6-16-14(11)12/h2-8H,9,15H2,1H3. The zero-order valence-corrected chi connectivity index (χ0v) is 10.2. The maximum absolute atomic E-state index is 5.96. The Balaban J connectivity index is 2.09. The van der Waals surface area contributed by atoms with Crippen LogP contribution in [0, 0.1) is 6.92 Å². The molecule has 4 heteroatoms. The Kier molecular flexibility index (Phi) is 2.48. The van der Waals surface area contributed by atoms with E-state index in [1.165, 1.54) is 0 Å². The normalized spacial score (nSPS) is 10.9. The first-order valence-electron chi connectivity index (χ1n) is 5.85. The molecule has 0 fully saturated rings. The summed E-state index contributed by atoms with van der Waals surface area (Å²) >= 11 is 0. The van der Waals surface area contributed by atoms with Crippen molar-refractivity contribution in [1.29, 1.82) is 0 Å². The van der Waals surface area contributed by atoms with Crippen LogP contribution in [0.5, 0.6) is 0 Å². The van der Waals surface area contributed by atoms with E-state index in [1.54, 1.807) is 6.20 Å². The zero-order chi connectivity index (χ0) is 12.5. The van der Waals surface area contributed by atoms with Crippen LogP contribution in [0.25, 0.3) is 10.9 Å². The summed E-state index contributed by atoms with van der Waals surface area (Å²) in [6, 6.07) is 7.84. The van der Waals surface area contributed by atoms with Crippen molar-refractivity contribution in [1.82, 2.24) is 14.8 Å². The number of nitrogens with zero attached hydrogens (tertiary/aromatic N) is 3. The van der Waals surface area contributed by atoms with E-state index in [2.05, 4.69) is 10.1 Å². The summed E-state index contributed by atoms with van der Waals surface area (Å²) in [5.74, 6) is 0. The third-order valence-electron chi connectivity index (χ3n) is 2.98. The van der Waals surface area contributed by atoms with E-state index in [1.807, 2.05) is 48.3 Å². The highest BCUT2D eigenvalue weighted by molar-refractivity contribution is 5.92. The van der Waals surface area contributed by atoms with Crippen molar-refractivity contribution >= 4 is 16.6 Å². The molecule has 0 saturated carbocycles. The highest BCUT2D eigenvalue weighted by atomic mass is 15.3. The van der Waals surface area contributed by atoms with E-state index in [4.69, 9.17) is 5.73 Å². The highest BCUT2D eigenvalue weighted by Crippen LogP contribution is 2.23. The number of pyridine rings is 1. The second-order valence-electron chi connectivity index (χ2n) is 4.43. The largest absolute Gasteiger partial charge is 0.398 e. The average Bonchev–Trinajstić information content (AvgIpc) is 2.79. The lowest BCUT2D eigenvalue weighted by atomic mass is 10.1. The molecule has 0 saturated heterocycles. The number of nitrogen functional groups attached to an aromatic ring is 1. The van der Waals surface area contributed by atoms with Gasteiger partial charge in [0.1, 0.15) is 0 Å². The molecule has 90 valence electrons. The lowest BCUT2D eigenvalue weighted by molar-refractivity contribution is 0.689. The molecular weight excluding hydrogens is 224 g/mol. The number of benzene rings is 1. The highest BCUT2D eigenvalue weighted by Gasteiger charge is 2.06. The van der Waals surface area contributed by atoms with Gasteiger partial charge in [-0.3, -0.25) is 9.67 Å². The van der Waals surface area contributed by atoms with Crippen LogP contribution in [0.2, 0.25) is 0 Å². The van der Waals surface area contributed by atoms with E-state index in [-0.39, 0.29) is 0 Å². The molecule has 2 heterocycles. The Morgan fingerprint density at radius 1 is 1.28 bits per heavy atom. The fraction of sp³-hybridized carbons (Fsp3) is 0.143. The molecule has 0 aliphatic heterocycles. The van der Waals surface area contributed by atoms with E-state index in [0.29, 0.717) is 6.54 Å².